The number of carboxylic acids is 1. The lowest BCUT2D eigenvalue weighted by Gasteiger charge is -2.34. The summed E-state index contributed by atoms with van der Waals surface area (Å²) in [6, 6.07) is 13.0. The number of imidazole rings is 1. The number of hydrogen-bond donors (Lipinski definition) is 1. The molecule has 3 aliphatic heterocycles. The Kier molecular flexibility index (Phi) is 7.36. The highest BCUT2D eigenvalue weighted by Gasteiger charge is 2.31. The Hall–Kier alpha value is -3.86. The summed E-state index contributed by atoms with van der Waals surface area (Å²) in [5, 5.41) is 9.73. The summed E-state index contributed by atoms with van der Waals surface area (Å²) in [4.78, 5) is 23.1. The number of aromatic carboxylic acids is 1. The third-order valence-electron chi connectivity index (χ3n) is 8.58. The van der Waals surface area contributed by atoms with E-state index in [2.05, 4.69) is 9.88 Å². The lowest BCUT2D eigenvalue weighted by atomic mass is 9.86. The Balaban J connectivity index is 1.10. The molecular formula is C32H29ClF2N4O4. The Bertz CT molecular complexity index is 1750. The predicted molar refractivity (Wildman–Crippen MR) is 156 cm³/mol. The zero-order chi connectivity index (χ0) is 29.7. The number of ether oxygens (including phenoxy) is 2. The molecule has 3 aliphatic rings. The van der Waals surface area contributed by atoms with E-state index in [9.17, 15) is 14.3 Å². The molecule has 5 heterocycles. The summed E-state index contributed by atoms with van der Waals surface area (Å²) in [5.74, 6) is -0.642. The van der Waals surface area contributed by atoms with E-state index in [0.29, 0.717) is 35.6 Å². The lowest BCUT2D eigenvalue weighted by molar-refractivity contribution is -0.0593. The van der Waals surface area contributed by atoms with E-state index in [1.807, 2.05) is 16.7 Å². The van der Waals surface area contributed by atoms with Crippen LogP contribution in [-0.2, 0) is 17.8 Å². The summed E-state index contributed by atoms with van der Waals surface area (Å²) < 4.78 is 43.9. The van der Waals surface area contributed by atoms with Gasteiger partial charge in [0, 0.05) is 17.2 Å². The molecule has 2 fully saturated rings. The molecule has 0 radical (unpaired) electrons. The average Bonchev–Trinajstić information content (AvgIpc) is 3.31. The van der Waals surface area contributed by atoms with Crippen LogP contribution in [0.3, 0.4) is 0 Å². The van der Waals surface area contributed by atoms with Crippen molar-refractivity contribution in [3.05, 3.63) is 93.7 Å². The van der Waals surface area contributed by atoms with Crippen LogP contribution in [-0.4, -0.2) is 56.3 Å². The van der Waals surface area contributed by atoms with Crippen LogP contribution >= 0.6 is 11.6 Å². The molecule has 2 aromatic carbocycles. The van der Waals surface area contributed by atoms with Gasteiger partial charge in [0.1, 0.15) is 34.8 Å². The molecule has 4 aromatic rings. The number of nitrogens with zero attached hydrogens (tertiary/aromatic N) is 4. The van der Waals surface area contributed by atoms with Crippen molar-refractivity contribution in [3.63, 3.8) is 0 Å². The van der Waals surface area contributed by atoms with Crippen molar-refractivity contribution in [3.8, 4) is 5.75 Å². The summed E-state index contributed by atoms with van der Waals surface area (Å²) >= 11 is 5.92. The van der Waals surface area contributed by atoms with Gasteiger partial charge in [-0.2, -0.15) is 0 Å². The minimum absolute atomic E-state index is 0.0173. The molecule has 1 N–H and O–H groups in total. The molecule has 2 aromatic heterocycles. The van der Waals surface area contributed by atoms with E-state index in [1.165, 1.54) is 24.3 Å². The number of para-hydroxylation sites is 1. The Morgan fingerprint density at radius 3 is 2.58 bits per heavy atom. The van der Waals surface area contributed by atoms with Crippen LogP contribution in [0.15, 0.2) is 54.6 Å². The Morgan fingerprint density at radius 1 is 1.05 bits per heavy atom. The molecule has 7 rings (SSSR count). The number of likely N-dealkylation sites (tertiary alicyclic amines) is 1. The fourth-order valence-electron chi connectivity index (χ4n) is 6.18. The van der Waals surface area contributed by atoms with Gasteiger partial charge < -0.3 is 19.1 Å². The first-order chi connectivity index (χ1) is 20.8. The van der Waals surface area contributed by atoms with E-state index in [-0.39, 0.29) is 28.3 Å². The zero-order valence-electron chi connectivity index (χ0n) is 23.2. The minimum Gasteiger partial charge on any atom is -0.480 e. The number of fused-ring (bicyclic) bond motifs is 2. The van der Waals surface area contributed by atoms with Gasteiger partial charge in [0.15, 0.2) is 11.3 Å². The molecular weight excluding hydrogens is 578 g/mol. The van der Waals surface area contributed by atoms with Crippen molar-refractivity contribution in [2.75, 3.05) is 19.7 Å². The standard InChI is InChI=1S/C32H29ClF2N4O4/c33-19-4-5-22(24(34)14-19)28-15-25(35)23-3-1-2-21(30(23)43-28)18-8-11-38(12-9-18)17-29-36-26-6-7-27(32(40)41)37-31(26)39(29)16-20-10-13-42-20/h1-7,14-15,18,20,28H,8-13,16-17H2,(H,40,41)/t20-,28+/m0/s1. The quantitative estimate of drug-likeness (QED) is 0.256. The van der Waals surface area contributed by atoms with E-state index in [1.54, 1.807) is 18.2 Å². The first kappa shape index (κ1) is 27.9. The highest BCUT2D eigenvalue weighted by atomic mass is 35.5. The van der Waals surface area contributed by atoms with Crippen molar-refractivity contribution in [1.82, 2.24) is 19.4 Å². The molecule has 0 spiro atoms. The molecule has 8 nitrogen and oxygen atoms in total. The van der Waals surface area contributed by atoms with Gasteiger partial charge in [-0.15, -0.1) is 0 Å². The monoisotopic (exact) mass is 606 g/mol. The number of piperidine rings is 1. The second kappa shape index (κ2) is 11.3. The molecule has 222 valence electrons. The van der Waals surface area contributed by atoms with Crippen LogP contribution in [0.5, 0.6) is 5.75 Å². The first-order valence-electron chi connectivity index (χ1n) is 14.4. The molecule has 0 saturated carbocycles. The fourth-order valence-corrected chi connectivity index (χ4v) is 6.34. The zero-order valence-corrected chi connectivity index (χ0v) is 23.9. The van der Waals surface area contributed by atoms with E-state index < -0.39 is 23.7 Å². The van der Waals surface area contributed by atoms with Crippen molar-refractivity contribution < 1.29 is 28.2 Å². The van der Waals surface area contributed by atoms with Gasteiger partial charge in [-0.3, -0.25) is 4.90 Å². The molecule has 43 heavy (non-hydrogen) atoms. The number of rotatable bonds is 7. The molecule has 0 bridgehead atoms. The number of aromatic nitrogens is 3. The first-order valence-corrected chi connectivity index (χ1v) is 14.8. The van der Waals surface area contributed by atoms with E-state index in [0.717, 1.165) is 50.3 Å². The molecule has 0 amide bonds. The Labute approximate surface area is 251 Å². The Morgan fingerprint density at radius 2 is 1.86 bits per heavy atom. The van der Waals surface area contributed by atoms with Gasteiger partial charge in [-0.05, 0) is 80.2 Å². The topological polar surface area (TPSA) is 89.7 Å². The third-order valence-corrected chi connectivity index (χ3v) is 8.81. The normalized spacial score (nSPS) is 20.8. The van der Waals surface area contributed by atoms with Crippen LogP contribution in [0.4, 0.5) is 8.78 Å². The van der Waals surface area contributed by atoms with E-state index in [4.69, 9.17) is 26.1 Å². The van der Waals surface area contributed by atoms with Crippen LogP contribution < -0.4 is 4.74 Å². The highest BCUT2D eigenvalue weighted by molar-refractivity contribution is 6.30. The van der Waals surface area contributed by atoms with Gasteiger partial charge in [-0.1, -0.05) is 29.8 Å². The van der Waals surface area contributed by atoms with Crippen LogP contribution in [0.1, 0.15) is 64.3 Å². The molecule has 0 unspecified atom stereocenters. The fraction of sp³-hybridized carbons (Fsp3) is 0.344. The van der Waals surface area contributed by atoms with Crippen molar-refractivity contribution in [2.24, 2.45) is 0 Å². The van der Waals surface area contributed by atoms with Gasteiger partial charge >= 0.3 is 5.97 Å². The van der Waals surface area contributed by atoms with Crippen molar-refractivity contribution in [1.29, 1.82) is 0 Å². The lowest BCUT2D eigenvalue weighted by Crippen LogP contribution is -2.35. The maximum Gasteiger partial charge on any atom is 0.354 e. The third kappa shape index (κ3) is 5.39. The summed E-state index contributed by atoms with van der Waals surface area (Å²) in [6.45, 7) is 3.42. The average molecular weight is 607 g/mol. The van der Waals surface area contributed by atoms with Gasteiger partial charge in [0.25, 0.3) is 0 Å². The van der Waals surface area contributed by atoms with Gasteiger partial charge in [0.05, 0.1) is 24.8 Å². The minimum atomic E-state index is -1.08. The maximum atomic E-state index is 15.3. The van der Waals surface area contributed by atoms with Gasteiger partial charge in [-0.25, -0.2) is 23.5 Å². The molecule has 0 aliphatic carbocycles. The summed E-state index contributed by atoms with van der Waals surface area (Å²) in [6.07, 6.45) is 3.04. The predicted octanol–water partition coefficient (Wildman–Crippen LogP) is 6.53. The summed E-state index contributed by atoms with van der Waals surface area (Å²) in [7, 11) is 0. The van der Waals surface area contributed by atoms with Crippen LogP contribution in [0.2, 0.25) is 5.02 Å². The number of benzene rings is 2. The number of hydrogen-bond acceptors (Lipinski definition) is 6. The van der Waals surface area contributed by atoms with Crippen molar-refractivity contribution >= 4 is 34.6 Å². The van der Waals surface area contributed by atoms with Crippen LogP contribution in [0.25, 0.3) is 17.0 Å². The highest BCUT2D eigenvalue weighted by Crippen LogP contribution is 2.45. The largest absolute Gasteiger partial charge is 0.480 e. The van der Waals surface area contributed by atoms with Gasteiger partial charge in [0.2, 0.25) is 0 Å². The maximum absolute atomic E-state index is 15.3. The number of carboxylic acid groups (broad SMARTS) is 1. The molecule has 11 heteroatoms. The molecule has 2 atom stereocenters. The SMILES string of the molecule is O=C(O)c1ccc2nc(CN3CCC(c4cccc5c4O[C@@H](c4ccc(Cl)cc4F)C=C5F)CC3)n(C[C@@H]3CCO3)c2n1. The molecule has 2 saturated heterocycles. The number of pyridine rings is 1. The number of carbonyl (C=O) groups is 1. The van der Waals surface area contributed by atoms with E-state index >= 15 is 4.39 Å². The smallest absolute Gasteiger partial charge is 0.354 e. The van der Waals surface area contributed by atoms with Crippen LogP contribution in [0, 0.1) is 5.82 Å². The summed E-state index contributed by atoms with van der Waals surface area (Å²) in [5.41, 5.74) is 2.72. The second-order valence-corrected chi connectivity index (χ2v) is 11.7. The number of halogens is 3. The van der Waals surface area contributed by atoms with Crippen molar-refractivity contribution in [2.45, 2.75) is 50.5 Å². The second-order valence-electron chi connectivity index (χ2n) is 11.3.